The lowest BCUT2D eigenvalue weighted by molar-refractivity contribution is -0.121. The molecule has 2 aromatic carbocycles. The Kier molecular flexibility index (Phi) is 8.53. The molecule has 2 aromatic rings. The molecule has 0 aliphatic heterocycles. The monoisotopic (exact) mass is 412 g/mol. The molecule has 0 spiro atoms. The van der Waals surface area contributed by atoms with Crippen molar-refractivity contribution in [3.63, 3.8) is 0 Å². The molecular weight excluding hydrogens is 380 g/mol. The van der Waals surface area contributed by atoms with E-state index < -0.39 is 0 Å². The lowest BCUT2D eigenvalue weighted by Crippen LogP contribution is -2.48. The number of rotatable bonds is 8. The zero-order valence-corrected chi connectivity index (χ0v) is 18.4. The number of nitrogens with zero attached hydrogens (tertiary/aromatic N) is 1. The van der Waals surface area contributed by atoms with Gasteiger partial charge in [0, 0.05) is 19.1 Å². The zero-order valence-electron chi connectivity index (χ0n) is 18.4. The highest BCUT2D eigenvalue weighted by atomic mass is 16.5. The average Bonchev–Trinajstić information content (AvgIpc) is 2.72. The molecule has 3 N–H and O–H groups in total. The van der Waals surface area contributed by atoms with Crippen LogP contribution in [0.2, 0.25) is 0 Å². The molecule has 0 fully saturated rings. The quantitative estimate of drug-likeness (QED) is 0.459. The Morgan fingerprint density at radius 1 is 1.00 bits per heavy atom. The van der Waals surface area contributed by atoms with Crippen LogP contribution < -0.4 is 25.4 Å². The lowest BCUT2D eigenvalue weighted by Gasteiger charge is -2.21. The van der Waals surface area contributed by atoms with Crippen molar-refractivity contribution in [1.29, 1.82) is 0 Å². The van der Waals surface area contributed by atoms with Crippen LogP contribution in [0, 0.1) is 0 Å². The second-order valence-electron chi connectivity index (χ2n) is 7.84. The third-order valence-electron chi connectivity index (χ3n) is 4.08. The van der Waals surface area contributed by atoms with Crippen molar-refractivity contribution < 1.29 is 14.3 Å². The van der Waals surface area contributed by atoms with Crippen LogP contribution in [0.3, 0.4) is 0 Å². The summed E-state index contributed by atoms with van der Waals surface area (Å²) in [4.78, 5) is 16.1. The van der Waals surface area contributed by atoms with Crippen molar-refractivity contribution in [2.24, 2.45) is 4.99 Å². The van der Waals surface area contributed by atoms with Gasteiger partial charge in [0.25, 0.3) is 0 Å². The van der Waals surface area contributed by atoms with E-state index in [0.717, 1.165) is 11.1 Å². The summed E-state index contributed by atoms with van der Waals surface area (Å²) >= 11 is 0. The van der Waals surface area contributed by atoms with E-state index in [1.54, 1.807) is 14.2 Å². The summed E-state index contributed by atoms with van der Waals surface area (Å²) in [6.07, 6.45) is 0. The molecule has 0 saturated carbocycles. The molecule has 1 amide bonds. The maximum absolute atomic E-state index is 12.0. The molecule has 0 aliphatic rings. The summed E-state index contributed by atoms with van der Waals surface area (Å²) in [5.41, 5.74) is 1.83. The lowest BCUT2D eigenvalue weighted by atomic mass is 10.1. The fourth-order valence-corrected chi connectivity index (χ4v) is 2.71. The summed E-state index contributed by atoms with van der Waals surface area (Å²) in [5, 5.41) is 9.11. The third-order valence-corrected chi connectivity index (χ3v) is 4.08. The molecule has 2 rings (SSSR count). The van der Waals surface area contributed by atoms with Crippen molar-refractivity contribution in [2.75, 3.05) is 20.7 Å². The average molecular weight is 413 g/mol. The highest BCUT2D eigenvalue weighted by Gasteiger charge is 2.14. The smallest absolute Gasteiger partial charge is 0.239 e. The number of nitrogens with one attached hydrogen (secondary N) is 3. The molecule has 0 atom stereocenters. The number of ether oxygens (including phenoxy) is 2. The van der Waals surface area contributed by atoms with E-state index in [-0.39, 0.29) is 18.0 Å². The van der Waals surface area contributed by atoms with Crippen molar-refractivity contribution in [2.45, 2.75) is 39.5 Å². The van der Waals surface area contributed by atoms with Crippen LogP contribution in [0.15, 0.2) is 53.5 Å². The standard InChI is InChI=1S/C23H32N4O3/c1-23(2,3)27-21(28)15-26-22(24-4)25-14-18-11-12-19(20(13-18)29-5)30-16-17-9-7-6-8-10-17/h6-13H,14-16H2,1-5H3,(H,27,28)(H2,24,25,26). The zero-order chi connectivity index (χ0) is 22.0. The van der Waals surface area contributed by atoms with E-state index in [0.29, 0.717) is 30.6 Å². The van der Waals surface area contributed by atoms with E-state index in [1.807, 2.05) is 69.3 Å². The van der Waals surface area contributed by atoms with E-state index in [1.165, 1.54) is 0 Å². The third kappa shape index (κ3) is 8.03. The van der Waals surface area contributed by atoms with Gasteiger partial charge in [-0.2, -0.15) is 0 Å². The van der Waals surface area contributed by atoms with Gasteiger partial charge in [-0.3, -0.25) is 9.79 Å². The van der Waals surface area contributed by atoms with Gasteiger partial charge in [0.05, 0.1) is 13.7 Å². The van der Waals surface area contributed by atoms with E-state index in [4.69, 9.17) is 9.47 Å². The van der Waals surface area contributed by atoms with Crippen molar-refractivity contribution in [1.82, 2.24) is 16.0 Å². The number of hydrogen-bond donors (Lipinski definition) is 3. The summed E-state index contributed by atoms with van der Waals surface area (Å²) in [6, 6.07) is 15.8. The van der Waals surface area contributed by atoms with E-state index in [2.05, 4.69) is 20.9 Å². The number of guanidine groups is 1. The van der Waals surface area contributed by atoms with Gasteiger partial charge in [0.1, 0.15) is 6.61 Å². The minimum Gasteiger partial charge on any atom is -0.493 e. The molecule has 0 bridgehead atoms. The summed E-state index contributed by atoms with van der Waals surface area (Å²) in [6.45, 7) is 6.97. The fraction of sp³-hybridized carbons (Fsp3) is 0.391. The largest absolute Gasteiger partial charge is 0.493 e. The Labute approximate surface area is 178 Å². The van der Waals surface area contributed by atoms with Crippen molar-refractivity contribution >= 4 is 11.9 Å². The SMILES string of the molecule is CN=C(NCC(=O)NC(C)(C)C)NCc1ccc(OCc2ccccc2)c(OC)c1. The Hall–Kier alpha value is -3.22. The van der Waals surface area contributed by atoms with Crippen LogP contribution >= 0.6 is 0 Å². The van der Waals surface area contributed by atoms with Gasteiger partial charge in [-0.05, 0) is 44.0 Å². The van der Waals surface area contributed by atoms with Gasteiger partial charge in [-0.25, -0.2) is 0 Å². The number of carbonyl (C=O) groups is 1. The number of carbonyl (C=O) groups excluding carboxylic acids is 1. The highest BCUT2D eigenvalue weighted by molar-refractivity contribution is 5.86. The Morgan fingerprint density at radius 2 is 1.73 bits per heavy atom. The predicted octanol–water partition coefficient (Wildman–Crippen LogP) is 2.85. The molecule has 7 heteroatoms. The summed E-state index contributed by atoms with van der Waals surface area (Å²) < 4.78 is 11.4. The minimum atomic E-state index is -0.267. The molecule has 0 saturated heterocycles. The van der Waals surface area contributed by atoms with Crippen LogP contribution in [0.4, 0.5) is 0 Å². The second-order valence-corrected chi connectivity index (χ2v) is 7.84. The normalized spacial score (nSPS) is 11.6. The molecule has 0 aliphatic carbocycles. The van der Waals surface area contributed by atoms with Gasteiger partial charge in [-0.15, -0.1) is 0 Å². The Morgan fingerprint density at radius 3 is 2.37 bits per heavy atom. The predicted molar refractivity (Wildman–Crippen MR) is 120 cm³/mol. The van der Waals surface area contributed by atoms with Gasteiger partial charge < -0.3 is 25.4 Å². The number of methoxy groups -OCH3 is 1. The van der Waals surface area contributed by atoms with Gasteiger partial charge in [0.15, 0.2) is 17.5 Å². The van der Waals surface area contributed by atoms with Crippen LogP contribution in [0.25, 0.3) is 0 Å². The van der Waals surface area contributed by atoms with Crippen LogP contribution in [0.1, 0.15) is 31.9 Å². The van der Waals surface area contributed by atoms with Crippen LogP contribution in [-0.4, -0.2) is 38.1 Å². The Bertz CT molecular complexity index is 845. The molecule has 162 valence electrons. The number of benzene rings is 2. The molecular formula is C23H32N4O3. The molecule has 30 heavy (non-hydrogen) atoms. The molecule has 0 unspecified atom stereocenters. The summed E-state index contributed by atoms with van der Waals surface area (Å²) in [7, 11) is 3.29. The van der Waals surface area contributed by atoms with Crippen molar-refractivity contribution in [3.8, 4) is 11.5 Å². The van der Waals surface area contributed by atoms with Crippen LogP contribution in [0.5, 0.6) is 11.5 Å². The van der Waals surface area contributed by atoms with Gasteiger partial charge in [-0.1, -0.05) is 36.4 Å². The number of aliphatic imine (C=N–C) groups is 1. The first-order valence-electron chi connectivity index (χ1n) is 9.90. The maximum atomic E-state index is 12.0. The molecule has 7 nitrogen and oxygen atoms in total. The highest BCUT2D eigenvalue weighted by Crippen LogP contribution is 2.28. The minimum absolute atomic E-state index is 0.0907. The van der Waals surface area contributed by atoms with Gasteiger partial charge in [0.2, 0.25) is 5.91 Å². The van der Waals surface area contributed by atoms with E-state index in [9.17, 15) is 4.79 Å². The topological polar surface area (TPSA) is 84.0 Å². The molecule has 0 radical (unpaired) electrons. The molecule has 0 heterocycles. The van der Waals surface area contributed by atoms with E-state index >= 15 is 0 Å². The second kappa shape index (κ2) is 11.1. The first-order valence-corrected chi connectivity index (χ1v) is 9.90. The maximum Gasteiger partial charge on any atom is 0.239 e. The van der Waals surface area contributed by atoms with Crippen molar-refractivity contribution in [3.05, 3.63) is 59.7 Å². The Balaban J connectivity index is 1.89. The van der Waals surface area contributed by atoms with Crippen LogP contribution in [-0.2, 0) is 17.9 Å². The summed E-state index contributed by atoms with van der Waals surface area (Å²) in [5.74, 6) is 1.80. The first-order chi connectivity index (χ1) is 14.3. The van der Waals surface area contributed by atoms with Gasteiger partial charge >= 0.3 is 0 Å². The molecule has 0 aromatic heterocycles. The first kappa shape index (κ1) is 23.1. The number of amides is 1. The number of hydrogen-bond acceptors (Lipinski definition) is 4. The fourth-order valence-electron chi connectivity index (χ4n) is 2.71.